The van der Waals surface area contributed by atoms with Crippen molar-refractivity contribution in [2.24, 2.45) is 0 Å². The molecule has 2 rings (SSSR count). The van der Waals surface area contributed by atoms with Crippen LogP contribution >= 0.6 is 0 Å². The summed E-state index contributed by atoms with van der Waals surface area (Å²) < 4.78 is 1.16. The average Bonchev–Trinajstić information content (AvgIpc) is 2.71. The van der Waals surface area contributed by atoms with Crippen LogP contribution in [0.4, 0.5) is 5.69 Å². The lowest BCUT2D eigenvalue weighted by atomic mass is 10.4. The summed E-state index contributed by atoms with van der Waals surface area (Å²) in [5.74, 6) is 0. The Hall–Kier alpha value is -2.51. The van der Waals surface area contributed by atoms with E-state index in [0.29, 0.717) is 0 Å². The van der Waals surface area contributed by atoms with Crippen molar-refractivity contribution in [2.75, 3.05) is 0 Å². The smallest absolute Gasteiger partial charge is 0.287 e. The molecule has 2 heterocycles. The van der Waals surface area contributed by atoms with Crippen molar-refractivity contribution in [3.05, 3.63) is 45.1 Å². The molecule has 8 nitrogen and oxygen atoms in total. The van der Waals surface area contributed by atoms with E-state index in [-0.39, 0.29) is 11.4 Å². The minimum atomic E-state index is -0.601. The number of nitrogens with zero attached hydrogens (tertiary/aromatic N) is 4. The summed E-state index contributed by atoms with van der Waals surface area (Å²) in [4.78, 5) is 23.4. The van der Waals surface area contributed by atoms with Crippen LogP contribution in [0.25, 0.3) is 5.69 Å². The van der Waals surface area contributed by atoms with Crippen LogP contribution in [0, 0.1) is 10.1 Å². The van der Waals surface area contributed by atoms with Crippen LogP contribution in [-0.4, -0.2) is 24.9 Å². The highest BCUT2D eigenvalue weighted by atomic mass is 16.6. The molecule has 0 aliphatic rings. The maximum Gasteiger partial charge on any atom is 0.287 e. The Morgan fingerprint density at radius 2 is 2.33 bits per heavy atom. The summed E-state index contributed by atoms with van der Waals surface area (Å²) in [6.07, 6.45) is 3.83. The number of aromatic nitrogens is 4. The topological polar surface area (TPSA) is 107 Å². The third-order valence-electron chi connectivity index (χ3n) is 1.75. The Bertz CT molecular complexity index is 544. The van der Waals surface area contributed by atoms with Gasteiger partial charge in [-0.1, -0.05) is 5.21 Å². The molecule has 76 valence electrons. The summed E-state index contributed by atoms with van der Waals surface area (Å²) in [7, 11) is 0. The van der Waals surface area contributed by atoms with E-state index in [2.05, 4.69) is 15.3 Å². The average molecular weight is 207 g/mol. The number of nitrogens with one attached hydrogen (secondary N) is 1. The molecule has 0 amide bonds. The molecule has 0 spiro atoms. The normalized spacial score (nSPS) is 10.1. The molecule has 0 saturated heterocycles. The first-order valence-electron chi connectivity index (χ1n) is 3.92. The lowest BCUT2D eigenvalue weighted by molar-refractivity contribution is -0.385. The number of hydrogen-bond donors (Lipinski definition) is 1. The summed E-state index contributed by atoms with van der Waals surface area (Å²) in [5, 5.41) is 17.5. The standard InChI is InChI=1S/C7H5N5O3/c13-7-6(11-2-1-9-10-11)3-5(4-8-7)12(14)15/h1-4H,(H,8,13). The third-order valence-corrected chi connectivity index (χ3v) is 1.75. The first-order chi connectivity index (χ1) is 7.18. The van der Waals surface area contributed by atoms with Gasteiger partial charge in [-0.05, 0) is 0 Å². The summed E-state index contributed by atoms with van der Waals surface area (Å²) in [6.45, 7) is 0. The van der Waals surface area contributed by atoms with Crippen LogP contribution in [0.3, 0.4) is 0 Å². The van der Waals surface area contributed by atoms with Gasteiger partial charge in [0.2, 0.25) is 0 Å². The lowest BCUT2D eigenvalue weighted by Crippen LogP contribution is -2.15. The third kappa shape index (κ3) is 1.59. The van der Waals surface area contributed by atoms with Crippen molar-refractivity contribution >= 4 is 5.69 Å². The van der Waals surface area contributed by atoms with Gasteiger partial charge in [-0.2, -0.15) is 0 Å². The Labute approximate surface area is 82.3 Å². The monoisotopic (exact) mass is 207 g/mol. The van der Waals surface area contributed by atoms with E-state index >= 15 is 0 Å². The minimum Gasteiger partial charge on any atom is -0.321 e. The molecule has 2 aromatic heterocycles. The molecule has 0 atom stereocenters. The molecule has 0 aliphatic heterocycles. The van der Waals surface area contributed by atoms with E-state index in [0.717, 1.165) is 16.9 Å². The van der Waals surface area contributed by atoms with Gasteiger partial charge in [0.05, 0.1) is 23.5 Å². The Morgan fingerprint density at radius 1 is 1.53 bits per heavy atom. The van der Waals surface area contributed by atoms with Crippen LogP contribution in [0.1, 0.15) is 0 Å². The van der Waals surface area contributed by atoms with E-state index in [1.807, 2.05) is 0 Å². The Morgan fingerprint density at radius 3 is 2.93 bits per heavy atom. The van der Waals surface area contributed by atoms with Crippen molar-refractivity contribution in [3.8, 4) is 5.69 Å². The molecule has 0 unspecified atom stereocenters. The van der Waals surface area contributed by atoms with Crippen molar-refractivity contribution in [3.63, 3.8) is 0 Å². The highest BCUT2D eigenvalue weighted by Gasteiger charge is 2.11. The SMILES string of the molecule is O=c1[nH]cc([N+](=O)[O-])cc1-n1ccnn1. The van der Waals surface area contributed by atoms with Crippen LogP contribution < -0.4 is 5.56 Å². The van der Waals surface area contributed by atoms with E-state index in [4.69, 9.17) is 0 Å². The minimum absolute atomic E-state index is 0.0571. The number of aromatic amines is 1. The van der Waals surface area contributed by atoms with Gasteiger partial charge in [0.15, 0.2) is 0 Å². The fourth-order valence-corrected chi connectivity index (χ4v) is 1.07. The van der Waals surface area contributed by atoms with Gasteiger partial charge in [0, 0.05) is 6.07 Å². The summed E-state index contributed by atoms with van der Waals surface area (Å²) in [5.41, 5.74) is -0.618. The van der Waals surface area contributed by atoms with Gasteiger partial charge in [-0.15, -0.1) is 5.10 Å². The van der Waals surface area contributed by atoms with E-state index < -0.39 is 10.5 Å². The zero-order valence-electron chi connectivity index (χ0n) is 7.32. The highest BCUT2D eigenvalue weighted by Crippen LogP contribution is 2.09. The number of nitro groups is 1. The van der Waals surface area contributed by atoms with Gasteiger partial charge < -0.3 is 4.98 Å². The van der Waals surface area contributed by atoms with E-state index in [9.17, 15) is 14.9 Å². The maximum absolute atomic E-state index is 11.3. The number of H-pyrrole nitrogens is 1. The molecule has 15 heavy (non-hydrogen) atoms. The molecule has 8 heteroatoms. The fourth-order valence-electron chi connectivity index (χ4n) is 1.07. The predicted molar refractivity (Wildman–Crippen MR) is 48.6 cm³/mol. The van der Waals surface area contributed by atoms with E-state index in [1.54, 1.807) is 0 Å². The van der Waals surface area contributed by atoms with Crippen molar-refractivity contribution < 1.29 is 4.92 Å². The zero-order chi connectivity index (χ0) is 10.8. The summed E-state index contributed by atoms with van der Waals surface area (Å²) in [6, 6.07) is 1.13. The quantitative estimate of drug-likeness (QED) is 0.544. The number of rotatable bonds is 2. The Kier molecular flexibility index (Phi) is 2.01. The fraction of sp³-hybridized carbons (Fsp3) is 0. The molecule has 0 saturated carbocycles. The van der Waals surface area contributed by atoms with Gasteiger partial charge >= 0.3 is 0 Å². The van der Waals surface area contributed by atoms with Gasteiger partial charge in [0.25, 0.3) is 11.2 Å². The van der Waals surface area contributed by atoms with Gasteiger partial charge in [-0.25, -0.2) is 4.68 Å². The molecule has 0 radical (unpaired) electrons. The first-order valence-corrected chi connectivity index (χ1v) is 3.92. The van der Waals surface area contributed by atoms with Crippen molar-refractivity contribution in [1.29, 1.82) is 0 Å². The summed E-state index contributed by atoms with van der Waals surface area (Å²) >= 11 is 0. The molecule has 2 aromatic rings. The number of pyridine rings is 1. The second kappa shape index (κ2) is 3.33. The number of hydrogen-bond acceptors (Lipinski definition) is 5. The maximum atomic E-state index is 11.3. The van der Waals surface area contributed by atoms with Crippen LogP contribution in [0.15, 0.2) is 29.5 Å². The second-order valence-electron chi connectivity index (χ2n) is 2.68. The highest BCUT2D eigenvalue weighted by molar-refractivity contribution is 5.38. The molecule has 1 N–H and O–H groups in total. The van der Waals surface area contributed by atoms with Crippen LogP contribution in [0.5, 0.6) is 0 Å². The van der Waals surface area contributed by atoms with Crippen molar-refractivity contribution in [2.45, 2.75) is 0 Å². The molecule has 0 aliphatic carbocycles. The lowest BCUT2D eigenvalue weighted by Gasteiger charge is -1.97. The molecule has 0 aromatic carbocycles. The van der Waals surface area contributed by atoms with Gasteiger partial charge in [-0.3, -0.25) is 14.9 Å². The molecule has 0 bridgehead atoms. The van der Waals surface area contributed by atoms with E-state index in [1.165, 1.54) is 12.4 Å². The molecular weight excluding hydrogens is 202 g/mol. The van der Waals surface area contributed by atoms with Crippen molar-refractivity contribution in [1.82, 2.24) is 20.0 Å². The zero-order valence-corrected chi connectivity index (χ0v) is 7.32. The van der Waals surface area contributed by atoms with Crippen LogP contribution in [-0.2, 0) is 0 Å². The van der Waals surface area contributed by atoms with Gasteiger partial charge in [0.1, 0.15) is 5.69 Å². The second-order valence-corrected chi connectivity index (χ2v) is 2.68. The Balaban J connectivity index is 2.61. The van der Waals surface area contributed by atoms with Crippen LogP contribution in [0.2, 0.25) is 0 Å². The first kappa shape index (κ1) is 9.06. The molecular formula is C7H5N5O3. The molecule has 0 fully saturated rings. The predicted octanol–water partition coefficient (Wildman–Crippen LogP) is -0.136. The largest absolute Gasteiger partial charge is 0.321 e.